The summed E-state index contributed by atoms with van der Waals surface area (Å²) >= 11 is 0. The van der Waals surface area contributed by atoms with Crippen molar-refractivity contribution in [2.75, 3.05) is 31.9 Å². The number of aromatic nitrogens is 2. The molecule has 3 rings (SSSR count). The Bertz CT molecular complexity index is 1100. The van der Waals surface area contributed by atoms with Crippen LogP contribution in [0.3, 0.4) is 0 Å². The number of sulfone groups is 1. The molecule has 0 atom stereocenters. The van der Waals surface area contributed by atoms with Crippen molar-refractivity contribution in [3.8, 4) is 17.0 Å². The van der Waals surface area contributed by atoms with E-state index >= 15 is 0 Å². The van der Waals surface area contributed by atoms with Gasteiger partial charge in [-0.15, -0.1) is 0 Å². The number of para-hydroxylation sites is 1. The molecule has 0 aliphatic carbocycles. The molecule has 2 aromatic carbocycles. The number of ether oxygens (including phenoxy) is 2. The first kappa shape index (κ1) is 22.7. The molecule has 31 heavy (non-hydrogen) atoms. The molecule has 1 aromatic heterocycles. The van der Waals surface area contributed by atoms with Crippen molar-refractivity contribution in [3.63, 3.8) is 0 Å². The van der Waals surface area contributed by atoms with Crippen molar-refractivity contribution in [3.05, 3.63) is 66.5 Å². The summed E-state index contributed by atoms with van der Waals surface area (Å²) < 4.78 is 35.2. The van der Waals surface area contributed by atoms with Crippen LogP contribution in [0.2, 0.25) is 0 Å². The van der Waals surface area contributed by atoms with E-state index in [2.05, 4.69) is 15.3 Å². The summed E-state index contributed by atoms with van der Waals surface area (Å²) in [5.74, 6) is 1.49. The third-order valence-corrected chi connectivity index (χ3v) is 6.37. The molecule has 3 aromatic rings. The lowest BCUT2D eigenvalue weighted by atomic mass is 10.1. The molecule has 0 aliphatic rings. The standard InChI is InChI=1S/C23H27N3O4S/c1-29-12-5-6-13-31(27,28)16-18-8-7-9-19(14-18)26-23-15-21(24-17-25-23)20-10-3-4-11-22(20)30-2/h3-4,7-11,14-15,17H,5-6,12-13,16H2,1-2H3,(H,24,25,26). The van der Waals surface area contributed by atoms with Gasteiger partial charge in [-0.3, -0.25) is 0 Å². The molecule has 0 radical (unpaired) electrons. The number of hydrogen-bond donors (Lipinski definition) is 1. The van der Waals surface area contributed by atoms with Crippen molar-refractivity contribution in [2.24, 2.45) is 0 Å². The summed E-state index contributed by atoms with van der Waals surface area (Å²) in [4.78, 5) is 8.63. The fourth-order valence-electron chi connectivity index (χ4n) is 3.21. The number of anilines is 2. The van der Waals surface area contributed by atoms with Gasteiger partial charge in [0.1, 0.15) is 17.9 Å². The largest absolute Gasteiger partial charge is 0.496 e. The topological polar surface area (TPSA) is 90.4 Å². The van der Waals surface area contributed by atoms with E-state index in [1.54, 1.807) is 14.2 Å². The van der Waals surface area contributed by atoms with E-state index in [-0.39, 0.29) is 11.5 Å². The third kappa shape index (κ3) is 6.77. The Kier molecular flexibility index (Phi) is 7.97. The van der Waals surface area contributed by atoms with Crippen molar-refractivity contribution in [1.29, 1.82) is 0 Å². The summed E-state index contributed by atoms with van der Waals surface area (Å²) in [7, 11) is 0.0584. The fraction of sp³-hybridized carbons (Fsp3) is 0.304. The normalized spacial score (nSPS) is 11.3. The van der Waals surface area contributed by atoms with Gasteiger partial charge < -0.3 is 14.8 Å². The van der Waals surface area contributed by atoms with Gasteiger partial charge in [-0.25, -0.2) is 18.4 Å². The molecule has 0 amide bonds. The van der Waals surface area contributed by atoms with Crippen molar-refractivity contribution in [1.82, 2.24) is 9.97 Å². The first-order chi connectivity index (χ1) is 15.0. The van der Waals surface area contributed by atoms with Gasteiger partial charge in [0.2, 0.25) is 0 Å². The number of unbranched alkanes of at least 4 members (excludes halogenated alkanes) is 1. The zero-order chi connectivity index (χ0) is 22.1. The quantitative estimate of drug-likeness (QED) is 0.445. The smallest absolute Gasteiger partial charge is 0.154 e. The first-order valence-electron chi connectivity index (χ1n) is 10.0. The number of nitrogens with zero attached hydrogens (tertiary/aromatic N) is 2. The van der Waals surface area contributed by atoms with Gasteiger partial charge in [0.25, 0.3) is 0 Å². The predicted octanol–water partition coefficient (Wildman–Crippen LogP) is 4.24. The molecule has 0 spiro atoms. The van der Waals surface area contributed by atoms with E-state index in [4.69, 9.17) is 9.47 Å². The summed E-state index contributed by atoms with van der Waals surface area (Å²) in [6, 6.07) is 16.8. The first-order valence-corrected chi connectivity index (χ1v) is 11.8. The average molecular weight is 442 g/mol. The Hall–Kier alpha value is -2.97. The molecular formula is C23H27N3O4S. The third-order valence-electron chi connectivity index (χ3n) is 4.69. The van der Waals surface area contributed by atoms with Crippen LogP contribution in [0.1, 0.15) is 18.4 Å². The molecule has 0 bridgehead atoms. The van der Waals surface area contributed by atoms with Crippen LogP contribution in [0.5, 0.6) is 5.75 Å². The highest BCUT2D eigenvalue weighted by Crippen LogP contribution is 2.29. The number of hydrogen-bond acceptors (Lipinski definition) is 7. The van der Waals surface area contributed by atoms with Gasteiger partial charge >= 0.3 is 0 Å². The molecule has 164 valence electrons. The Labute approximate surface area is 183 Å². The predicted molar refractivity (Wildman–Crippen MR) is 122 cm³/mol. The molecule has 8 heteroatoms. The Balaban J connectivity index is 1.71. The van der Waals surface area contributed by atoms with Crippen LogP contribution >= 0.6 is 0 Å². The maximum Gasteiger partial charge on any atom is 0.154 e. The van der Waals surface area contributed by atoms with Crippen molar-refractivity contribution < 1.29 is 17.9 Å². The highest BCUT2D eigenvalue weighted by atomic mass is 32.2. The lowest BCUT2D eigenvalue weighted by molar-refractivity contribution is 0.194. The summed E-state index contributed by atoms with van der Waals surface area (Å²) in [6.07, 6.45) is 2.82. The SMILES string of the molecule is COCCCCS(=O)(=O)Cc1cccc(Nc2cc(-c3ccccc3OC)ncn2)c1. The van der Waals surface area contributed by atoms with Gasteiger partial charge in [0.05, 0.1) is 24.3 Å². The average Bonchev–Trinajstić information content (AvgIpc) is 2.77. The lowest BCUT2D eigenvalue weighted by Crippen LogP contribution is -2.10. The Morgan fingerprint density at radius 3 is 2.61 bits per heavy atom. The summed E-state index contributed by atoms with van der Waals surface area (Å²) in [6.45, 7) is 0.574. The van der Waals surface area contributed by atoms with Gasteiger partial charge in [-0.1, -0.05) is 24.3 Å². The number of rotatable bonds is 11. The lowest BCUT2D eigenvalue weighted by Gasteiger charge is -2.11. The van der Waals surface area contributed by atoms with Gasteiger partial charge in [-0.05, 0) is 42.7 Å². The van der Waals surface area contributed by atoms with Crippen LogP contribution in [-0.4, -0.2) is 45.0 Å². The second kappa shape index (κ2) is 10.9. The van der Waals surface area contributed by atoms with Gasteiger partial charge in [0, 0.05) is 31.0 Å². The van der Waals surface area contributed by atoms with Crippen LogP contribution < -0.4 is 10.1 Å². The molecule has 7 nitrogen and oxygen atoms in total. The van der Waals surface area contributed by atoms with Crippen LogP contribution in [0.15, 0.2) is 60.9 Å². The van der Waals surface area contributed by atoms with E-state index in [1.165, 1.54) is 6.33 Å². The highest BCUT2D eigenvalue weighted by Gasteiger charge is 2.13. The minimum atomic E-state index is -3.18. The zero-order valence-corrected chi connectivity index (χ0v) is 18.6. The Morgan fingerprint density at radius 2 is 1.81 bits per heavy atom. The summed E-state index contributed by atoms with van der Waals surface area (Å²) in [5.41, 5.74) is 3.08. The molecule has 0 unspecified atom stereocenters. The van der Waals surface area contributed by atoms with Crippen molar-refractivity contribution >= 4 is 21.3 Å². The maximum atomic E-state index is 12.4. The number of nitrogens with one attached hydrogen (secondary N) is 1. The van der Waals surface area contributed by atoms with E-state index in [9.17, 15) is 8.42 Å². The van der Waals surface area contributed by atoms with Crippen molar-refractivity contribution in [2.45, 2.75) is 18.6 Å². The van der Waals surface area contributed by atoms with E-state index in [0.717, 1.165) is 34.7 Å². The maximum absolute atomic E-state index is 12.4. The second-order valence-corrected chi connectivity index (χ2v) is 9.29. The van der Waals surface area contributed by atoms with E-state index < -0.39 is 9.84 Å². The zero-order valence-electron chi connectivity index (χ0n) is 17.7. The molecular weight excluding hydrogens is 414 g/mol. The van der Waals surface area contributed by atoms with Crippen LogP contribution in [0.4, 0.5) is 11.5 Å². The molecule has 0 saturated carbocycles. The fourth-order valence-corrected chi connectivity index (χ4v) is 4.69. The second-order valence-electron chi connectivity index (χ2n) is 7.11. The van der Waals surface area contributed by atoms with Gasteiger partial charge in [0.15, 0.2) is 9.84 Å². The van der Waals surface area contributed by atoms with Crippen LogP contribution in [-0.2, 0) is 20.3 Å². The van der Waals surface area contributed by atoms with Crippen LogP contribution in [0, 0.1) is 0 Å². The molecule has 1 heterocycles. The minimum absolute atomic E-state index is 0.00569. The molecule has 0 fully saturated rings. The van der Waals surface area contributed by atoms with Gasteiger partial charge in [-0.2, -0.15) is 0 Å². The molecule has 0 saturated heterocycles. The number of benzene rings is 2. The highest BCUT2D eigenvalue weighted by molar-refractivity contribution is 7.90. The minimum Gasteiger partial charge on any atom is -0.496 e. The number of methoxy groups -OCH3 is 2. The Morgan fingerprint density at radius 1 is 0.968 bits per heavy atom. The van der Waals surface area contributed by atoms with E-state index in [0.29, 0.717) is 18.8 Å². The monoisotopic (exact) mass is 441 g/mol. The molecule has 0 aliphatic heterocycles. The molecule has 1 N–H and O–H groups in total. The summed E-state index contributed by atoms with van der Waals surface area (Å²) in [5, 5.41) is 3.23. The van der Waals surface area contributed by atoms with E-state index in [1.807, 2.05) is 54.6 Å². The van der Waals surface area contributed by atoms with Crippen LogP contribution in [0.25, 0.3) is 11.3 Å².